The van der Waals surface area contributed by atoms with Crippen LogP contribution in [0.3, 0.4) is 0 Å². The number of methoxy groups -OCH3 is 2. The van der Waals surface area contributed by atoms with Gasteiger partial charge < -0.3 is 24.1 Å². The zero-order valence-corrected chi connectivity index (χ0v) is 19.1. The number of phenolic OH excluding ortho intramolecular Hbond substituents is 1. The maximum Gasteiger partial charge on any atom is 0.306 e. The molecule has 2 N–H and O–H groups in total. The van der Waals surface area contributed by atoms with Crippen LogP contribution in [0.2, 0.25) is 0 Å². The second kappa shape index (κ2) is 10.0. The van der Waals surface area contributed by atoms with E-state index in [9.17, 15) is 19.8 Å². The lowest BCUT2D eigenvalue weighted by Gasteiger charge is -2.28. The predicted molar refractivity (Wildman–Crippen MR) is 124 cm³/mol. The van der Waals surface area contributed by atoms with Gasteiger partial charge in [0.05, 0.1) is 33.1 Å². The van der Waals surface area contributed by atoms with Gasteiger partial charge in [-0.25, -0.2) is 0 Å². The third kappa shape index (κ3) is 4.92. The molecule has 2 aromatic carbocycles. The van der Waals surface area contributed by atoms with E-state index in [4.69, 9.17) is 13.9 Å². The van der Waals surface area contributed by atoms with Gasteiger partial charge in [0.2, 0.25) is 11.2 Å². The molecule has 0 saturated heterocycles. The molecule has 0 fully saturated rings. The Labute approximate surface area is 197 Å². The number of rotatable bonds is 7. The third-order valence-electron chi connectivity index (χ3n) is 6.11. The molecule has 3 aromatic rings. The number of hydrogen-bond acceptors (Lipinski definition) is 8. The van der Waals surface area contributed by atoms with Crippen molar-refractivity contribution in [1.29, 1.82) is 0 Å². The number of hydrogen-bond donors (Lipinski definition) is 2. The molecule has 0 amide bonds. The lowest BCUT2D eigenvalue weighted by Crippen LogP contribution is -2.30. The maximum absolute atomic E-state index is 12.7. The lowest BCUT2D eigenvalue weighted by molar-refractivity contribution is -0.140. The van der Waals surface area contributed by atoms with Crippen LogP contribution in [0.4, 0.5) is 0 Å². The number of nitrogens with zero attached hydrogens (tertiary/aromatic N) is 1. The SMILES string of the molecule is COC(=O)C[C@@H](c1ccc(O)c(OC)c1)c1oc(CN2CCc3ccccc3C2)cc(=O)c1O. The second-order valence-corrected chi connectivity index (χ2v) is 8.28. The van der Waals surface area contributed by atoms with Gasteiger partial charge >= 0.3 is 5.97 Å². The van der Waals surface area contributed by atoms with Gasteiger partial charge in [-0.15, -0.1) is 0 Å². The Morgan fingerprint density at radius 3 is 2.62 bits per heavy atom. The van der Waals surface area contributed by atoms with Crippen molar-refractivity contribution in [2.75, 3.05) is 20.8 Å². The minimum absolute atomic E-state index is 0.0296. The molecule has 0 saturated carbocycles. The summed E-state index contributed by atoms with van der Waals surface area (Å²) in [6.45, 7) is 1.90. The Hall–Kier alpha value is -3.78. The number of benzene rings is 2. The van der Waals surface area contributed by atoms with Crippen LogP contribution in [0.25, 0.3) is 0 Å². The smallest absolute Gasteiger partial charge is 0.306 e. The summed E-state index contributed by atoms with van der Waals surface area (Å²) in [7, 11) is 2.67. The summed E-state index contributed by atoms with van der Waals surface area (Å²) in [6, 6.07) is 14.1. The van der Waals surface area contributed by atoms with E-state index in [2.05, 4.69) is 17.0 Å². The number of esters is 1. The van der Waals surface area contributed by atoms with Crippen molar-refractivity contribution in [3.63, 3.8) is 0 Å². The highest BCUT2D eigenvalue weighted by Gasteiger charge is 2.28. The van der Waals surface area contributed by atoms with Gasteiger partial charge in [0.15, 0.2) is 17.3 Å². The van der Waals surface area contributed by atoms with Crippen LogP contribution in [0.15, 0.2) is 57.7 Å². The second-order valence-electron chi connectivity index (χ2n) is 8.28. The molecule has 1 aliphatic rings. The summed E-state index contributed by atoms with van der Waals surface area (Å²) in [5, 5.41) is 20.6. The third-order valence-corrected chi connectivity index (χ3v) is 6.11. The largest absolute Gasteiger partial charge is 0.504 e. The first-order chi connectivity index (χ1) is 16.4. The fraction of sp³-hybridized carbons (Fsp3) is 0.308. The molecule has 2 heterocycles. The molecule has 0 unspecified atom stereocenters. The first-order valence-corrected chi connectivity index (χ1v) is 11.0. The fourth-order valence-corrected chi connectivity index (χ4v) is 4.30. The zero-order chi connectivity index (χ0) is 24.2. The fourth-order valence-electron chi connectivity index (χ4n) is 4.30. The van der Waals surface area contributed by atoms with Crippen molar-refractivity contribution in [1.82, 2.24) is 4.90 Å². The molecule has 0 bridgehead atoms. The lowest BCUT2D eigenvalue weighted by atomic mass is 9.91. The number of carbonyl (C=O) groups is 1. The molecule has 1 aromatic heterocycles. The van der Waals surface area contributed by atoms with Crippen LogP contribution in [0.5, 0.6) is 17.2 Å². The number of phenols is 1. The van der Waals surface area contributed by atoms with Crippen molar-refractivity contribution in [3.8, 4) is 17.2 Å². The normalized spacial score (nSPS) is 14.3. The van der Waals surface area contributed by atoms with Gasteiger partial charge in [-0.2, -0.15) is 0 Å². The van der Waals surface area contributed by atoms with Crippen LogP contribution < -0.4 is 10.2 Å². The summed E-state index contributed by atoms with van der Waals surface area (Å²) in [4.78, 5) is 27.0. The van der Waals surface area contributed by atoms with E-state index in [0.717, 1.165) is 19.5 Å². The Bertz CT molecular complexity index is 1250. The topological polar surface area (TPSA) is 109 Å². The Kier molecular flexibility index (Phi) is 6.88. The van der Waals surface area contributed by atoms with E-state index in [-0.39, 0.29) is 23.7 Å². The first-order valence-electron chi connectivity index (χ1n) is 11.0. The van der Waals surface area contributed by atoms with Crippen molar-refractivity contribution in [3.05, 3.63) is 87.0 Å². The maximum atomic E-state index is 12.7. The van der Waals surface area contributed by atoms with Gasteiger partial charge in [0.25, 0.3) is 0 Å². The predicted octanol–water partition coefficient (Wildman–Crippen LogP) is 3.31. The van der Waals surface area contributed by atoms with Crippen molar-refractivity contribution >= 4 is 5.97 Å². The molecule has 0 radical (unpaired) electrons. The minimum atomic E-state index is -0.823. The van der Waals surface area contributed by atoms with Gasteiger partial charge in [-0.05, 0) is 35.2 Å². The molecule has 8 heteroatoms. The molecular formula is C26H27NO7. The molecule has 1 atom stereocenters. The summed E-state index contributed by atoms with van der Waals surface area (Å²) in [5.41, 5.74) is 2.47. The molecule has 0 aliphatic carbocycles. The van der Waals surface area contributed by atoms with E-state index < -0.39 is 23.1 Å². The number of fused-ring (bicyclic) bond motifs is 1. The van der Waals surface area contributed by atoms with Crippen molar-refractivity contribution in [2.45, 2.75) is 31.8 Å². The molecule has 4 rings (SSSR count). The van der Waals surface area contributed by atoms with Crippen molar-refractivity contribution in [2.24, 2.45) is 0 Å². The zero-order valence-electron chi connectivity index (χ0n) is 19.1. The summed E-state index contributed by atoms with van der Waals surface area (Å²) < 4.78 is 16.1. The molecule has 8 nitrogen and oxygen atoms in total. The van der Waals surface area contributed by atoms with Gasteiger partial charge in [-0.1, -0.05) is 30.3 Å². The monoisotopic (exact) mass is 465 g/mol. The average Bonchev–Trinajstić information content (AvgIpc) is 2.85. The average molecular weight is 466 g/mol. The molecular weight excluding hydrogens is 438 g/mol. The van der Waals surface area contributed by atoms with E-state index in [1.165, 1.54) is 43.5 Å². The Balaban J connectivity index is 1.69. The summed E-state index contributed by atoms with van der Waals surface area (Å²) >= 11 is 0. The van der Waals surface area contributed by atoms with Crippen LogP contribution >= 0.6 is 0 Å². The first kappa shape index (κ1) is 23.4. The summed E-state index contributed by atoms with van der Waals surface area (Å²) in [5.74, 6) is -1.46. The van der Waals surface area contributed by atoms with E-state index in [1.54, 1.807) is 6.07 Å². The molecule has 178 valence electrons. The Morgan fingerprint density at radius 2 is 1.88 bits per heavy atom. The van der Waals surface area contributed by atoms with Gasteiger partial charge in [0, 0.05) is 19.2 Å². The van der Waals surface area contributed by atoms with Crippen LogP contribution in [0, 0.1) is 0 Å². The van der Waals surface area contributed by atoms with E-state index in [1.807, 2.05) is 12.1 Å². The molecule has 1 aliphatic heterocycles. The highest BCUT2D eigenvalue weighted by Crippen LogP contribution is 2.37. The minimum Gasteiger partial charge on any atom is -0.504 e. The van der Waals surface area contributed by atoms with Crippen LogP contribution in [-0.4, -0.2) is 41.8 Å². The molecule has 0 spiro atoms. The summed E-state index contributed by atoms with van der Waals surface area (Å²) in [6.07, 6.45) is 0.713. The Morgan fingerprint density at radius 1 is 1.12 bits per heavy atom. The quantitative estimate of drug-likeness (QED) is 0.512. The van der Waals surface area contributed by atoms with Gasteiger partial charge in [0.1, 0.15) is 5.76 Å². The van der Waals surface area contributed by atoms with E-state index >= 15 is 0 Å². The van der Waals surface area contributed by atoms with Crippen LogP contribution in [-0.2, 0) is 29.0 Å². The highest BCUT2D eigenvalue weighted by atomic mass is 16.5. The molecule has 34 heavy (non-hydrogen) atoms. The number of carbonyl (C=O) groups excluding carboxylic acids is 1. The van der Waals surface area contributed by atoms with Crippen molar-refractivity contribution < 1.29 is 28.9 Å². The van der Waals surface area contributed by atoms with Crippen LogP contribution in [0.1, 0.15) is 40.5 Å². The van der Waals surface area contributed by atoms with E-state index in [0.29, 0.717) is 17.9 Å². The standard InChI is InChI=1S/C26H27NO7/c1-32-23-11-17(7-8-21(23)28)20(13-24(30)33-2)26-25(31)22(29)12-19(34-26)15-27-10-9-16-5-3-4-6-18(16)14-27/h3-8,11-12,20,28,31H,9-10,13-15H2,1-2H3/t20-/m0/s1. The highest BCUT2D eigenvalue weighted by molar-refractivity contribution is 5.71. The number of aromatic hydroxyl groups is 2. The number of ether oxygens (including phenoxy) is 2. The van der Waals surface area contributed by atoms with Gasteiger partial charge in [-0.3, -0.25) is 14.5 Å².